The fourth-order valence-electron chi connectivity index (χ4n) is 2.00. The summed E-state index contributed by atoms with van der Waals surface area (Å²) >= 11 is 12.3. The van der Waals surface area contributed by atoms with Crippen LogP contribution in [0.4, 0.5) is 29.0 Å². The Bertz CT molecular complexity index is 772. The second-order valence-electron chi connectivity index (χ2n) is 4.71. The first kappa shape index (κ1) is 15.4. The Morgan fingerprint density at radius 3 is 1.61 bits per heavy atom. The fraction of sp³-hybridized carbons (Fsp3) is 0. The number of anilines is 5. The van der Waals surface area contributed by atoms with E-state index in [-0.39, 0.29) is 5.95 Å². The third-order valence-corrected chi connectivity index (χ3v) is 3.68. The largest absolute Gasteiger partial charge is 0.368 e. The second kappa shape index (κ2) is 6.73. The zero-order chi connectivity index (χ0) is 16.2. The topological polar surface area (TPSA) is 75.9 Å². The minimum Gasteiger partial charge on any atom is -0.368 e. The number of benzene rings is 2. The van der Waals surface area contributed by atoms with Gasteiger partial charge in [-0.1, -0.05) is 47.5 Å². The molecule has 3 aromatic rings. The maximum absolute atomic E-state index is 6.13. The highest BCUT2D eigenvalue weighted by Crippen LogP contribution is 2.28. The van der Waals surface area contributed by atoms with Gasteiger partial charge in [-0.25, -0.2) is 0 Å². The van der Waals surface area contributed by atoms with Gasteiger partial charge in [0.15, 0.2) is 0 Å². The van der Waals surface area contributed by atoms with Gasteiger partial charge in [-0.3, -0.25) is 0 Å². The van der Waals surface area contributed by atoms with E-state index in [4.69, 9.17) is 28.9 Å². The normalized spacial score (nSPS) is 10.3. The standard InChI is InChI=1S/C16H13Cl2N5/c17-10-5-1-3-7-12(10)20-14-9-15(23-16(19)22-14)21-13-8-4-2-6-11(13)18/h1-9H,(H4,19,20,21,22,23). The Hall–Kier alpha value is -2.50. The predicted molar refractivity (Wildman–Crippen MR) is 95.9 cm³/mol. The zero-order valence-corrected chi connectivity index (χ0v) is 13.4. The number of halogens is 2. The fourth-order valence-corrected chi connectivity index (χ4v) is 2.36. The van der Waals surface area contributed by atoms with Gasteiger partial charge in [0, 0.05) is 6.07 Å². The molecule has 0 saturated heterocycles. The number of nitrogens with one attached hydrogen (secondary N) is 2. The molecule has 4 N–H and O–H groups in total. The van der Waals surface area contributed by atoms with Gasteiger partial charge < -0.3 is 16.4 Å². The maximum atomic E-state index is 6.13. The van der Waals surface area contributed by atoms with E-state index in [1.165, 1.54) is 0 Å². The number of aromatic nitrogens is 2. The molecule has 0 amide bonds. The van der Waals surface area contributed by atoms with E-state index in [0.29, 0.717) is 21.7 Å². The van der Waals surface area contributed by atoms with Crippen molar-refractivity contribution in [2.24, 2.45) is 0 Å². The lowest BCUT2D eigenvalue weighted by molar-refractivity contribution is 1.18. The van der Waals surface area contributed by atoms with E-state index < -0.39 is 0 Å². The second-order valence-corrected chi connectivity index (χ2v) is 5.52. The lowest BCUT2D eigenvalue weighted by atomic mass is 10.3. The molecule has 0 spiro atoms. The summed E-state index contributed by atoms with van der Waals surface area (Å²) in [5.74, 6) is 1.19. The molecule has 7 heteroatoms. The number of nitrogens with zero attached hydrogens (tertiary/aromatic N) is 2. The molecule has 5 nitrogen and oxygen atoms in total. The highest BCUT2D eigenvalue weighted by molar-refractivity contribution is 6.33. The smallest absolute Gasteiger partial charge is 0.223 e. The molecule has 0 aliphatic carbocycles. The van der Waals surface area contributed by atoms with Crippen LogP contribution in [0.15, 0.2) is 54.6 Å². The molecule has 0 saturated carbocycles. The van der Waals surface area contributed by atoms with Crippen LogP contribution in [0.5, 0.6) is 0 Å². The van der Waals surface area contributed by atoms with Crippen molar-refractivity contribution in [2.75, 3.05) is 16.4 Å². The molecule has 0 aliphatic rings. The average molecular weight is 346 g/mol. The van der Waals surface area contributed by atoms with Crippen LogP contribution < -0.4 is 16.4 Å². The molecule has 0 atom stereocenters. The van der Waals surface area contributed by atoms with Crippen molar-refractivity contribution in [3.63, 3.8) is 0 Å². The molecule has 0 fully saturated rings. The highest BCUT2D eigenvalue weighted by atomic mass is 35.5. The Kier molecular flexibility index (Phi) is 4.50. The Balaban J connectivity index is 1.88. The summed E-state index contributed by atoms with van der Waals surface area (Å²) in [5, 5.41) is 7.41. The molecule has 2 aromatic carbocycles. The van der Waals surface area contributed by atoms with Crippen LogP contribution in [-0.2, 0) is 0 Å². The summed E-state index contributed by atoms with van der Waals surface area (Å²) in [5.41, 5.74) is 7.24. The molecule has 0 bridgehead atoms. The summed E-state index contributed by atoms with van der Waals surface area (Å²) in [6.07, 6.45) is 0. The minimum atomic E-state index is 0.136. The monoisotopic (exact) mass is 345 g/mol. The Morgan fingerprint density at radius 1 is 0.739 bits per heavy atom. The van der Waals surface area contributed by atoms with Crippen molar-refractivity contribution in [2.45, 2.75) is 0 Å². The van der Waals surface area contributed by atoms with Crippen LogP contribution in [0.25, 0.3) is 0 Å². The third-order valence-electron chi connectivity index (χ3n) is 3.02. The lowest BCUT2D eigenvalue weighted by Crippen LogP contribution is -2.03. The molecule has 23 heavy (non-hydrogen) atoms. The summed E-state index contributed by atoms with van der Waals surface area (Å²) in [6, 6.07) is 16.5. The van der Waals surface area contributed by atoms with Crippen molar-refractivity contribution in [3.8, 4) is 0 Å². The van der Waals surface area contributed by atoms with Gasteiger partial charge in [-0.05, 0) is 24.3 Å². The molecule has 0 unspecified atom stereocenters. The molecular weight excluding hydrogens is 333 g/mol. The van der Waals surface area contributed by atoms with Crippen molar-refractivity contribution in [1.82, 2.24) is 9.97 Å². The average Bonchev–Trinajstić information content (AvgIpc) is 2.51. The van der Waals surface area contributed by atoms with Crippen LogP contribution >= 0.6 is 23.2 Å². The molecule has 116 valence electrons. The van der Waals surface area contributed by atoms with Crippen LogP contribution in [0.3, 0.4) is 0 Å². The summed E-state index contributed by atoms with van der Waals surface area (Å²) < 4.78 is 0. The van der Waals surface area contributed by atoms with E-state index in [9.17, 15) is 0 Å². The number of nitrogen functional groups attached to an aromatic ring is 1. The molecular formula is C16H13Cl2N5. The van der Waals surface area contributed by atoms with E-state index >= 15 is 0 Å². The number of hydrogen-bond donors (Lipinski definition) is 3. The van der Waals surface area contributed by atoms with Crippen LogP contribution in [0.2, 0.25) is 10.0 Å². The zero-order valence-electron chi connectivity index (χ0n) is 11.9. The summed E-state index contributed by atoms with van der Waals surface area (Å²) in [7, 11) is 0. The van der Waals surface area contributed by atoms with Gasteiger partial charge in [-0.2, -0.15) is 9.97 Å². The van der Waals surface area contributed by atoms with Gasteiger partial charge in [0.2, 0.25) is 5.95 Å². The minimum absolute atomic E-state index is 0.136. The van der Waals surface area contributed by atoms with Gasteiger partial charge in [0.25, 0.3) is 0 Å². The van der Waals surface area contributed by atoms with Crippen molar-refractivity contribution >= 4 is 52.2 Å². The van der Waals surface area contributed by atoms with Gasteiger partial charge in [-0.15, -0.1) is 0 Å². The number of hydrogen-bond acceptors (Lipinski definition) is 5. The Morgan fingerprint density at radius 2 is 1.17 bits per heavy atom. The van der Waals surface area contributed by atoms with Crippen molar-refractivity contribution < 1.29 is 0 Å². The predicted octanol–water partition coefficient (Wildman–Crippen LogP) is 4.85. The van der Waals surface area contributed by atoms with Gasteiger partial charge >= 0.3 is 0 Å². The molecule has 1 heterocycles. The highest BCUT2D eigenvalue weighted by Gasteiger charge is 2.07. The van der Waals surface area contributed by atoms with Crippen molar-refractivity contribution in [3.05, 3.63) is 64.6 Å². The SMILES string of the molecule is Nc1nc(Nc2ccccc2Cl)cc(Nc2ccccc2Cl)n1. The first-order valence-corrected chi connectivity index (χ1v) is 7.55. The first-order chi connectivity index (χ1) is 11.1. The third kappa shape index (κ3) is 3.83. The van der Waals surface area contributed by atoms with Gasteiger partial charge in [0.05, 0.1) is 21.4 Å². The first-order valence-electron chi connectivity index (χ1n) is 6.79. The van der Waals surface area contributed by atoms with Crippen LogP contribution in [-0.4, -0.2) is 9.97 Å². The van der Waals surface area contributed by atoms with E-state index in [0.717, 1.165) is 11.4 Å². The quantitative estimate of drug-likeness (QED) is 0.629. The number of para-hydroxylation sites is 2. The Labute approximate surface area is 143 Å². The molecule has 3 rings (SSSR count). The summed E-state index contributed by atoms with van der Waals surface area (Å²) in [6.45, 7) is 0. The number of nitrogens with two attached hydrogens (primary N) is 1. The van der Waals surface area contributed by atoms with E-state index in [1.54, 1.807) is 18.2 Å². The molecule has 0 aliphatic heterocycles. The van der Waals surface area contributed by atoms with Crippen molar-refractivity contribution in [1.29, 1.82) is 0 Å². The van der Waals surface area contributed by atoms with E-state index in [1.807, 2.05) is 36.4 Å². The van der Waals surface area contributed by atoms with Crippen LogP contribution in [0, 0.1) is 0 Å². The maximum Gasteiger partial charge on any atom is 0.223 e. The summed E-state index contributed by atoms with van der Waals surface area (Å²) in [4.78, 5) is 8.32. The number of rotatable bonds is 4. The van der Waals surface area contributed by atoms with Crippen LogP contribution in [0.1, 0.15) is 0 Å². The van der Waals surface area contributed by atoms with Gasteiger partial charge in [0.1, 0.15) is 11.6 Å². The molecule has 0 radical (unpaired) electrons. The lowest BCUT2D eigenvalue weighted by Gasteiger charge is -2.11. The van der Waals surface area contributed by atoms with E-state index in [2.05, 4.69) is 20.6 Å². The molecule has 1 aromatic heterocycles.